The molecule has 0 aromatic heterocycles. The molecule has 0 radical (unpaired) electrons. The highest BCUT2D eigenvalue weighted by atomic mass is 16.7. The van der Waals surface area contributed by atoms with Crippen LogP contribution in [0.4, 0.5) is 0 Å². The van der Waals surface area contributed by atoms with Crippen molar-refractivity contribution >= 4 is 5.97 Å². The molecule has 0 saturated carbocycles. The van der Waals surface area contributed by atoms with Crippen molar-refractivity contribution in [1.29, 1.82) is 0 Å². The van der Waals surface area contributed by atoms with Crippen LogP contribution in [-0.2, 0) is 33.2 Å². The van der Waals surface area contributed by atoms with Gasteiger partial charge in [0.05, 0.1) is 26.4 Å². The second kappa shape index (κ2) is 44.4. The number of hydrogen-bond acceptors (Lipinski definition) is 14. The van der Waals surface area contributed by atoms with Crippen LogP contribution >= 0.6 is 0 Å². The molecule has 2 rings (SSSR count). The summed E-state index contributed by atoms with van der Waals surface area (Å²) in [5, 5.41) is 72.2. The lowest BCUT2D eigenvalue weighted by molar-refractivity contribution is -0.332. The molecule has 2 saturated heterocycles. The Hall–Kier alpha value is -3.87. The number of carbonyl (C=O) groups is 1. The third kappa shape index (κ3) is 31.6. The first-order valence-electron chi connectivity index (χ1n) is 26.8. The second-order valence-corrected chi connectivity index (χ2v) is 17.9. The quantitative estimate of drug-likeness (QED) is 0.0174. The lowest BCUT2D eigenvalue weighted by Crippen LogP contribution is -2.61. The fraction of sp³-hybridized carbons (Fsp3) is 0.610. The van der Waals surface area contributed by atoms with Crippen LogP contribution < -0.4 is 0 Å². The largest absolute Gasteiger partial charge is 0.457 e. The van der Waals surface area contributed by atoms with Crippen LogP contribution in [0, 0.1) is 0 Å². The predicted octanol–water partition coefficient (Wildman–Crippen LogP) is 8.74. The summed E-state index contributed by atoms with van der Waals surface area (Å²) in [6.07, 6.45) is 46.7. The number of unbranched alkanes of at least 4 members (excludes halogenated alkanes) is 4. The molecule has 73 heavy (non-hydrogen) atoms. The standard InChI is InChI=1S/C59H92O14/c1-3-5-7-9-11-13-15-17-19-20-21-22-23-24-25-26-27-28-29-30-32-34-36-38-40-42-51(61)71-48(45-68-43-41-39-37-35-33-31-18-16-14-12-10-8-6-4-2)46-69-58-57(67)55(65)53(63)50(73-58)47-70-59-56(66)54(64)52(62)49(44-60)72-59/h5-8,11-14,17-19,21-22,24-25,27-28,30-32,35,37,48-50,52-60,62-67H,3-4,9-10,15-16,20,23,26,29,33-34,36,38-47H2,1-2H3/b7-5-,8-6-,13-11-,14-12-,19-17-,22-21-,25-24-,28-27-,31-18-,32-30-,37-35-. The first-order valence-corrected chi connectivity index (χ1v) is 26.8. The van der Waals surface area contributed by atoms with Gasteiger partial charge in [0, 0.05) is 13.0 Å². The third-order valence-corrected chi connectivity index (χ3v) is 11.7. The molecule has 11 atom stereocenters. The summed E-state index contributed by atoms with van der Waals surface area (Å²) < 4.78 is 34.1. The molecule has 0 aromatic rings. The molecule has 7 N–H and O–H groups in total. The Morgan fingerprint density at radius 2 is 0.849 bits per heavy atom. The van der Waals surface area contributed by atoms with E-state index in [-0.39, 0.29) is 19.6 Å². The number of esters is 1. The minimum atomic E-state index is -1.73. The highest BCUT2D eigenvalue weighted by molar-refractivity contribution is 5.69. The van der Waals surface area contributed by atoms with Crippen LogP contribution in [0.25, 0.3) is 0 Å². The van der Waals surface area contributed by atoms with Crippen LogP contribution in [0.5, 0.6) is 0 Å². The lowest BCUT2D eigenvalue weighted by Gasteiger charge is -2.42. The summed E-state index contributed by atoms with van der Waals surface area (Å²) in [6.45, 7) is 3.21. The van der Waals surface area contributed by atoms with Crippen molar-refractivity contribution in [3.63, 3.8) is 0 Å². The monoisotopic (exact) mass is 1020 g/mol. The molecular weight excluding hydrogens is 933 g/mol. The van der Waals surface area contributed by atoms with Gasteiger partial charge in [-0.1, -0.05) is 154 Å². The topological polar surface area (TPSA) is 214 Å². The van der Waals surface area contributed by atoms with Crippen molar-refractivity contribution in [2.45, 2.75) is 197 Å². The Bertz CT molecular complexity index is 1710. The molecule has 412 valence electrons. The number of ether oxygens (including phenoxy) is 6. The van der Waals surface area contributed by atoms with Gasteiger partial charge < -0.3 is 64.2 Å². The number of rotatable bonds is 40. The van der Waals surface area contributed by atoms with E-state index in [4.69, 9.17) is 28.4 Å². The highest BCUT2D eigenvalue weighted by Crippen LogP contribution is 2.26. The molecule has 2 aliphatic heterocycles. The van der Waals surface area contributed by atoms with Gasteiger partial charge in [-0.3, -0.25) is 4.79 Å². The van der Waals surface area contributed by atoms with Crippen molar-refractivity contribution in [2.75, 3.05) is 33.0 Å². The average molecular weight is 1030 g/mol. The second-order valence-electron chi connectivity index (χ2n) is 17.9. The molecule has 14 nitrogen and oxygen atoms in total. The number of aliphatic hydroxyl groups excluding tert-OH is 7. The molecule has 0 spiro atoms. The van der Waals surface area contributed by atoms with Crippen LogP contribution in [-0.4, -0.2) is 142 Å². The summed E-state index contributed by atoms with van der Waals surface area (Å²) >= 11 is 0. The maximum atomic E-state index is 13.0. The smallest absolute Gasteiger partial charge is 0.306 e. The van der Waals surface area contributed by atoms with Crippen LogP contribution in [0.1, 0.15) is 129 Å². The van der Waals surface area contributed by atoms with Gasteiger partial charge in [-0.2, -0.15) is 0 Å². The number of aliphatic hydroxyl groups is 7. The Kier molecular flexibility index (Phi) is 39.7. The summed E-state index contributed by atoms with van der Waals surface area (Å²) in [6, 6.07) is 0. The highest BCUT2D eigenvalue weighted by Gasteiger charge is 2.47. The van der Waals surface area contributed by atoms with E-state index in [0.717, 1.165) is 103 Å². The maximum absolute atomic E-state index is 13.0. The summed E-state index contributed by atoms with van der Waals surface area (Å²) in [4.78, 5) is 13.0. The molecule has 2 heterocycles. The van der Waals surface area contributed by atoms with E-state index in [1.807, 2.05) is 0 Å². The molecule has 0 amide bonds. The van der Waals surface area contributed by atoms with Crippen molar-refractivity contribution in [2.24, 2.45) is 0 Å². The van der Waals surface area contributed by atoms with E-state index in [0.29, 0.717) is 13.0 Å². The van der Waals surface area contributed by atoms with Crippen LogP contribution in [0.3, 0.4) is 0 Å². The zero-order valence-corrected chi connectivity index (χ0v) is 43.8. The van der Waals surface area contributed by atoms with E-state index in [9.17, 15) is 40.5 Å². The van der Waals surface area contributed by atoms with Gasteiger partial charge in [0.15, 0.2) is 12.6 Å². The molecule has 11 unspecified atom stereocenters. The number of carbonyl (C=O) groups excluding carboxylic acids is 1. The van der Waals surface area contributed by atoms with Crippen molar-refractivity contribution < 1.29 is 69.0 Å². The molecule has 2 aliphatic rings. The van der Waals surface area contributed by atoms with Gasteiger partial charge >= 0.3 is 5.97 Å². The van der Waals surface area contributed by atoms with Gasteiger partial charge in [-0.25, -0.2) is 0 Å². The zero-order chi connectivity index (χ0) is 53.0. The molecule has 2 fully saturated rings. The van der Waals surface area contributed by atoms with E-state index >= 15 is 0 Å². The third-order valence-electron chi connectivity index (χ3n) is 11.7. The van der Waals surface area contributed by atoms with Crippen LogP contribution in [0.2, 0.25) is 0 Å². The first kappa shape index (κ1) is 65.2. The van der Waals surface area contributed by atoms with E-state index in [2.05, 4.69) is 148 Å². The molecule has 0 aromatic carbocycles. The van der Waals surface area contributed by atoms with E-state index in [1.54, 1.807) is 0 Å². The summed E-state index contributed by atoms with van der Waals surface area (Å²) in [5.41, 5.74) is 0. The Morgan fingerprint density at radius 1 is 0.452 bits per heavy atom. The Morgan fingerprint density at radius 3 is 1.30 bits per heavy atom. The van der Waals surface area contributed by atoms with Gasteiger partial charge in [-0.05, 0) is 103 Å². The van der Waals surface area contributed by atoms with Crippen molar-refractivity contribution in [3.8, 4) is 0 Å². The van der Waals surface area contributed by atoms with Crippen LogP contribution in [0.15, 0.2) is 134 Å². The summed E-state index contributed by atoms with van der Waals surface area (Å²) in [5.74, 6) is -0.434. The minimum Gasteiger partial charge on any atom is -0.457 e. The predicted molar refractivity (Wildman–Crippen MR) is 288 cm³/mol. The normalized spacial score (nSPS) is 26.0. The number of allylic oxidation sites excluding steroid dienone is 22. The lowest BCUT2D eigenvalue weighted by atomic mass is 9.98. The molecule has 0 bridgehead atoms. The summed E-state index contributed by atoms with van der Waals surface area (Å²) in [7, 11) is 0. The molecule has 0 aliphatic carbocycles. The molecule has 14 heteroatoms. The fourth-order valence-electron chi connectivity index (χ4n) is 7.38. The van der Waals surface area contributed by atoms with Gasteiger partial charge in [0.25, 0.3) is 0 Å². The SMILES string of the molecule is CC/C=C\C/C=C\C/C=C\C/C=C\C/C=C\C/C=C\C/C=C\CCCCCC(=O)OC(COCCC/C=C\C/C=C\C/C=C\C/C=C\CC)COC1OC(COC2OC(CO)C(O)C(O)C2O)C(O)C(O)C1O. The molecular formula is C59H92O14. The first-order chi connectivity index (χ1) is 35.6. The maximum Gasteiger partial charge on any atom is 0.306 e. The van der Waals surface area contributed by atoms with Crippen molar-refractivity contribution in [1.82, 2.24) is 0 Å². The van der Waals surface area contributed by atoms with E-state index < -0.39 is 86.7 Å². The van der Waals surface area contributed by atoms with Gasteiger partial charge in [0.2, 0.25) is 0 Å². The number of hydrogen-bond donors (Lipinski definition) is 7. The Labute approximate surface area is 437 Å². The average Bonchev–Trinajstić information content (AvgIpc) is 3.39. The van der Waals surface area contributed by atoms with Crippen molar-refractivity contribution in [3.05, 3.63) is 134 Å². The fourth-order valence-corrected chi connectivity index (χ4v) is 7.38. The zero-order valence-electron chi connectivity index (χ0n) is 43.8. The van der Waals surface area contributed by atoms with Gasteiger partial charge in [0.1, 0.15) is 54.9 Å². The Balaban J connectivity index is 1.78. The minimum absolute atomic E-state index is 0.000846. The van der Waals surface area contributed by atoms with Gasteiger partial charge in [-0.15, -0.1) is 0 Å². The van der Waals surface area contributed by atoms with E-state index in [1.165, 1.54) is 0 Å².